The van der Waals surface area contributed by atoms with E-state index in [1.807, 2.05) is 0 Å². The Morgan fingerprint density at radius 2 is 1.84 bits per heavy atom. The van der Waals surface area contributed by atoms with E-state index in [-0.39, 0.29) is 4.68 Å². The van der Waals surface area contributed by atoms with Crippen LogP contribution in [0.25, 0.3) is 5.69 Å². The molecule has 25 heavy (non-hydrogen) atoms. The van der Waals surface area contributed by atoms with Crippen molar-refractivity contribution in [2.75, 3.05) is 13.1 Å². The molecule has 0 fully saturated rings. The molecule has 5 nitrogen and oxygen atoms in total. The van der Waals surface area contributed by atoms with Crippen molar-refractivity contribution in [2.45, 2.75) is 12.1 Å². The lowest BCUT2D eigenvalue weighted by molar-refractivity contribution is -0.143. The molecule has 0 unspecified atom stereocenters. The molecule has 3 N–H and O–H groups in total. The summed E-state index contributed by atoms with van der Waals surface area (Å²) < 4.78 is 80.1. The summed E-state index contributed by atoms with van der Waals surface area (Å²) in [4.78, 5) is 11.9. The van der Waals surface area contributed by atoms with E-state index in [1.54, 1.807) is 5.32 Å². The molecule has 0 atom stereocenters. The zero-order valence-electron chi connectivity index (χ0n) is 12.4. The molecule has 136 valence electrons. The molecule has 0 aliphatic carbocycles. The predicted molar refractivity (Wildman–Crippen MR) is 74.9 cm³/mol. The van der Waals surface area contributed by atoms with Crippen LogP contribution < -0.4 is 11.1 Å². The van der Waals surface area contributed by atoms with Gasteiger partial charge in [-0.05, 0) is 12.1 Å². The molecule has 1 aromatic carbocycles. The Morgan fingerprint density at radius 3 is 2.40 bits per heavy atom. The topological polar surface area (TPSA) is 72.9 Å². The second-order valence-corrected chi connectivity index (χ2v) is 5.01. The Labute approximate surface area is 137 Å². The SMILES string of the molecule is NCC(F)(F)CNC(=O)c1cnn(-c2ccccc2F)c1C(F)(F)F. The molecule has 2 rings (SSSR count). The van der Waals surface area contributed by atoms with Gasteiger partial charge >= 0.3 is 6.18 Å². The van der Waals surface area contributed by atoms with Crippen LogP contribution in [0.5, 0.6) is 0 Å². The number of amides is 1. The number of rotatable bonds is 5. The van der Waals surface area contributed by atoms with Crippen molar-refractivity contribution < 1.29 is 31.1 Å². The number of alkyl halides is 5. The first kappa shape index (κ1) is 18.8. The lowest BCUT2D eigenvalue weighted by Gasteiger charge is -2.16. The van der Waals surface area contributed by atoms with Gasteiger partial charge < -0.3 is 11.1 Å². The Bertz CT molecular complexity index is 771. The number of benzene rings is 1. The molecular weight excluding hydrogens is 354 g/mol. The summed E-state index contributed by atoms with van der Waals surface area (Å²) in [5.74, 6) is -5.91. The summed E-state index contributed by atoms with van der Waals surface area (Å²) in [6.07, 6.45) is -4.55. The Balaban J connectivity index is 2.44. The first-order valence-corrected chi connectivity index (χ1v) is 6.83. The number of halogens is 6. The molecule has 1 heterocycles. The number of nitrogens with two attached hydrogens (primary N) is 1. The summed E-state index contributed by atoms with van der Waals surface area (Å²) in [5, 5.41) is 5.05. The lowest BCUT2D eigenvalue weighted by Crippen LogP contribution is -2.41. The van der Waals surface area contributed by atoms with E-state index >= 15 is 0 Å². The number of para-hydroxylation sites is 1. The monoisotopic (exact) mass is 366 g/mol. The summed E-state index contributed by atoms with van der Waals surface area (Å²) in [6.45, 7) is -2.33. The van der Waals surface area contributed by atoms with Crippen molar-refractivity contribution >= 4 is 5.91 Å². The molecule has 0 spiro atoms. The maximum Gasteiger partial charge on any atom is 0.434 e. The number of aromatic nitrogens is 2. The fraction of sp³-hybridized carbons (Fsp3) is 0.286. The second kappa shape index (κ2) is 6.75. The van der Waals surface area contributed by atoms with E-state index in [0.29, 0.717) is 6.20 Å². The minimum Gasteiger partial charge on any atom is -0.346 e. The molecule has 1 aromatic heterocycles. The van der Waals surface area contributed by atoms with Gasteiger partial charge in [-0.1, -0.05) is 12.1 Å². The summed E-state index contributed by atoms with van der Waals surface area (Å²) in [7, 11) is 0. The molecule has 0 saturated carbocycles. The quantitative estimate of drug-likeness (QED) is 0.798. The summed E-state index contributed by atoms with van der Waals surface area (Å²) in [6, 6.07) is 4.49. The van der Waals surface area contributed by atoms with Crippen LogP contribution >= 0.6 is 0 Å². The van der Waals surface area contributed by atoms with Crippen molar-refractivity contribution in [1.82, 2.24) is 15.1 Å². The van der Waals surface area contributed by atoms with Gasteiger partial charge in [0.1, 0.15) is 11.5 Å². The molecule has 0 aliphatic heterocycles. The highest BCUT2D eigenvalue weighted by atomic mass is 19.4. The van der Waals surface area contributed by atoms with Crippen LogP contribution in [0.4, 0.5) is 26.3 Å². The predicted octanol–water partition coefficient (Wildman–Crippen LogP) is 2.35. The second-order valence-electron chi connectivity index (χ2n) is 5.01. The maximum absolute atomic E-state index is 13.8. The van der Waals surface area contributed by atoms with E-state index < -0.39 is 53.9 Å². The number of hydrogen-bond acceptors (Lipinski definition) is 3. The molecule has 0 bridgehead atoms. The standard InChI is InChI=1S/C14H12F6N4O/c15-9-3-1-2-4-10(9)24-11(14(18,19)20)8(5-23-24)12(25)22-7-13(16,17)6-21/h1-5H,6-7,21H2,(H,22,25). The van der Waals surface area contributed by atoms with Crippen molar-refractivity contribution in [2.24, 2.45) is 5.73 Å². The van der Waals surface area contributed by atoms with Gasteiger partial charge in [0.15, 0.2) is 5.69 Å². The largest absolute Gasteiger partial charge is 0.434 e. The van der Waals surface area contributed by atoms with Crippen molar-refractivity contribution in [3.8, 4) is 5.69 Å². The average Bonchev–Trinajstić information content (AvgIpc) is 2.98. The molecule has 0 radical (unpaired) electrons. The minimum absolute atomic E-state index is 0.200. The van der Waals surface area contributed by atoms with Gasteiger partial charge in [0.05, 0.1) is 24.8 Å². The van der Waals surface area contributed by atoms with Gasteiger partial charge in [0.25, 0.3) is 11.8 Å². The summed E-state index contributed by atoms with van der Waals surface area (Å²) >= 11 is 0. The van der Waals surface area contributed by atoms with E-state index in [4.69, 9.17) is 5.73 Å². The van der Waals surface area contributed by atoms with E-state index in [9.17, 15) is 31.1 Å². The zero-order valence-corrected chi connectivity index (χ0v) is 12.4. The Morgan fingerprint density at radius 1 is 1.20 bits per heavy atom. The lowest BCUT2D eigenvalue weighted by atomic mass is 10.2. The average molecular weight is 366 g/mol. The molecule has 1 amide bonds. The van der Waals surface area contributed by atoms with Crippen LogP contribution in [0, 0.1) is 5.82 Å². The third-order valence-corrected chi connectivity index (χ3v) is 3.17. The van der Waals surface area contributed by atoms with E-state index in [2.05, 4.69) is 5.10 Å². The first-order valence-electron chi connectivity index (χ1n) is 6.83. The Kier molecular flexibility index (Phi) is 5.07. The van der Waals surface area contributed by atoms with Crippen LogP contribution in [-0.2, 0) is 6.18 Å². The van der Waals surface area contributed by atoms with Crippen LogP contribution in [0.15, 0.2) is 30.5 Å². The van der Waals surface area contributed by atoms with Crippen molar-refractivity contribution in [3.63, 3.8) is 0 Å². The van der Waals surface area contributed by atoms with Gasteiger partial charge in [-0.25, -0.2) is 17.9 Å². The fourth-order valence-electron chi connectivity index (χ4n) is 1.97. The normalized spacial score (nSPS) is 12.3. The Hall–Kier alpha value is -2.56. The molecule has 2 aromatic rings. The number of nitrogens with zero attached hydrogens (tertiary/aromatic N) is 2. The van der Waals surface area contributed by atoms with E-state index in [1.165, 1.54) is 12.1 Å². The third kappa shape index (κ3) is 4.10. The fourth-order valence-corrected chi connectivity index (χ4v) is 1.97. The zero-order chi connectivity index (χ0) is 18.8. The highest BCUT2D eigenvalue weighted by Crippen LogP contribution is 2.34. The molecule has 0 aliphatic rings. The first-order chi connectivity index (χ1) is 11.6. The minimum atomic E-state index is -5.08. The van der Waals surface area contributed by atoms with Gasteiger partial charge in [0, 0.05) is 0 Å². The van der Waals surface area contributed by atoms with Crippen LogP contribution in [0.2, 0.25) is 0 Å². The smallest absolute Gasteiger partial charge is 0.346 e. The summed E-state index contributed by atoms with van der Waals surface area (Å²) in [5.41, 5.74) is 1.66. The molecule has 0 saturated heterocycles. The molecule has 11 heteroatoms. The van der Waals surface area contributed by atoms with Crippen molar-refractivity contribution in [3.05, 3.63) is 47.5 Å². The third-order valence-electron chi connectivity index (χ3n) is 3.17. The molecular formula is C14H12F6N4O. The number of hydrogen-bond donors (Lipinski definition) is 2. The van der Waals surface area contributed by atoms with Gasteiger partial charge in [-0.2, -0.15) is 18.3 Å². The van der Waals surface area contributed by atoms with Crippen LogP contribution in [0.3, 0.4) is 0 Å². The number of carbonyl (C=O) groups excluding carboxylic acids is 1. The van der Waals surface area contributed by atoms with Gasteiger partial charge in [-0.15, -0.1) is 0 Å². The van der Waals surface area contributed by atoms with Crippen LogP contribution in [-0.4, -0.2) is 34.7 Å². The van der Waals surface area contributed by atoms with Crippen LogP contribution in [0.1, 0.15) is 16.1 Å². The highest BCUT2D eigenvalue weighted by molar-refractivity contribution is 5.95. The van der Waals surface area contributed by atoms with Gasteiger partial charge in [-0.3, -0.25) is 4.79 Å². The van der Waals surface area contributed by atoms with Crippen molar-refractivity contribution in [1.29, 1.82) is 0 Å². The number of carbonyl (C=O) groups is 1. The number of nitrogens with one attached hydrogen (secondary N) is 1. The van der Waals surface area contributed by atoms with E-state index in [0.717, 1.165) is 12.1 Å². The maximum atomic E-state index is 13.8. The highest BCUT2D eigenvalue weighted by Gasteiger charge is 2.41. The van der Waals surface area contributed by atoms with Gasteiger partial charge in [0.2, 0.25) is 0 Å².